The Hall–Kier alpha value is -0.0800. The van der Waals surface area contributed by atoms with Crippen LogP contribution in [-0.4, -0.2) is 12.1 Å². The average Bonchev–Trinajstić information content (AvgIpc) is 2.49. The zero-order valence-corrected chi connectivity index (χ0v) is 14.4. The predicted octanol–water partition coefficient (Wildman–Crippen LogP) is 4.46. The van der Waals surface area contributed by atoms with E-state index in [1.807, 2.05) is 0 Å². The molecule has 6 atom stereocenters. The van der Waals surface area contributed by atoms with Crippen molar-refractivity contribution < 1.29 is 0 Å². The summed E-state index contributed by atoms with van der Waals surface area (Å²) >= 11 is 0. The number of rotatable bonds is 6. The molecule has 6 unspecified atom stereocenters. The van der Waals surface area contributed by atoms with Gasteiger partial charge in [-0.3, -0.25) is 0 Å². The third-order valence-electron chi connectivity index (χ3n) is 6.56. The van der Waals surface area contributed by atoms with Gasteiger partial charge in [0, 0.05) is 12.1 Å². The topological polar surface area (TPSA) is 52.0 Å². The molecule has 4 N–H and O–H groups in total. The third-order valence-corrected chi connectivity index (χ3v) is 6.56. The molecule has 2 aliphatic carbocycles. The summed E-state index contributed by atoms with van der Waals surface area (Å²) in [6.45, 7) is 4.71. The van der Waals surface area contributed by atoms with Gasteiger partial charge in [0.15, 0.2) is 0 Å². The van der Waals surface area contributed by atoms with Crippen molar-refractivity contribution in [2.24, 2.45) is 35.1 Å². The van der Waals surface area contributed by atoms with Crippen molar-refractivity contribution in [3.05, 3.63) is 0 Å². The van der Waals surface area contributed by atoms with Gasteiger partial charge in [0.25, 0.3) is 0 Å². The SMILES string of the molecule is CCC1CC(N)CCC1CCCC1CCC(N)CC1CC. The highest BCUT2D eigenvalue weighted by molar-refractivity contribution is 4.84. The summed E-state index contributed by atoms with van der Waals surface area (Å²) in [4.78, 5) is 0. The zero-order chi connectivity index (χ0) is 15.2. The van der Waals surface area contributed by atoms with Crippen molar-refractivity contribution in [3.8, 4) is 0 Å². The Morgan fingerprint density at radius 2 is 1.10 bits per heavy atom. The van der Waals surface area contributed by atoms with Gasteiger partial charge in [-0.2, -0.15) is 0 Å². The van der Waals surface area contributed by atoms with Gasteiger partial charge < -0.3 is 11.5 Å². The molecule has 124 valence electrons. The predicted molar refractivity (Wildman–Crippen MR) is 92.0 cm³/mol. The van der Waals surface area contributed by atoms with Crippen LogP contribution in [0.4, 0.5) is 0 Å². The van der Waals surface area contributed by atoms with Crippen LogP contribution >= 0.6 is 0 Å². The first kappa shape index (κ1) is 17.3. The van der Waals surface area contributed by atoms with E-state index < -0.39 is 0 Å². The van der Waals surface area contributed by atoms with Gasteiger partial charge in [-0.25, -0.2) is 0 Å². The third kappa shape index (κ3) is 4.96. The monoisotopic (exact) mass is 294 g/mol. The lowest BCUT2D eigenvalue weighted by Crippen LogP contribution is -2.34. The molecule has 2 nitrogen and oxygen atoms in total. The van der Waals surface area contributed by atoms with Crippen LogP contribution in [0.25, 0.3) is 0 Å². The van der Waals surface area contributed by atoms with E-state index in [1.165, 1.54) is 70.6 Å². The average molecular weight is 295 g/mol. The Morgan fingerprint density at radius 1 is 0.667 bits per heavy atom. The molecule has 0 aromatic heterocycles. The van der Waals surface area contributed by atoms with Crippen molar-refractivity contribution in [2.75, 3.05) is 0 Å². The first-order valence-electron chi connectivity index (χ1n) is 9.65. The molecule has 0 heterocycles. The fourth-order valence-electron chi connectivity index (χ4n) is 5.13. The summed E-state index contributed by atoms with van der Waals surface area (Å²) < 4.78 is 0. The summed E-state index contributed by atoms with van der Waals surface area (Å²) in [5.74, 6) is 3.72. The van der Waals surface area contributed by atoms with Crippen LogP contribution in [0.3, 0.4) is 0 Å². The van der Waals surface area contributed by atoms with E-state index >= 15 is 0 Å². The summed E-state index contributed by atoms with van der Waals surface area (Å²) in [6, 6.07) is 0.964. The van der Waals surface area contributed by atoms with Crippen molar-refractivity contribution in [1.29, 1.82) is 0 Å². The van der Waals surface area contributed by atoms with Gasteiger partial charge in [-0.05, 0) is 62.2 Å². The van der Waals surface area contributed by atoms with Crippen molar-refractivity contribution in [1.82, 2.24) is 0 Å². The van der Waals surface area contributed by atoms with Crippen LogP contribution in [0.2, 0.25) is 0 Å². The Morgan fingerprint density at radius 3 is 1.48 bits per heavy atom. The number of hydrogen-bond acceptors (Lipinski definition) is 2. The highest BCUT2D eigenvalue weighted by atomic mass is 14.6. The van der Waals surface area contributed by atoms with Crippen LogP contribution in [0.5, 0.6) is 0 Å². The molecule has 2 saturated carbocycles. The second-order valence-corrected chi connectivity index (χ2v) is 7.93. The summed E-state index contributed by atoms with van der Waals surface area (Å²) in [7, 11) is 0. The molecule has 0 aromatic carbocycles. The van der Waals surface area contributed by atoms with Crippen LogP contribution in [0.1, 0.15) is 84.5 Å². The van der Waals surface area contributed by atoms with Crippen LogP contribution in [-0.2, 0) is 0 Å². The quantitative estimate of drug-likeness (QED) is 0.759. The normalized spacial score (nSPS) is 41.1. The lowest BCUT2D eigenvalue weighted by atomic mass is 9.71. The van der Waals surface area contributed by atoms with Gasteiger partial charge in [0.1, 0.15) is 0 Å². The van der Waals surface area contributed by atoms with Crippen molar-refractivity contribution in [3.63, 3.8) is 0 Å². The molecule has 0 spiro atoms. The summed E-state index contributed by atoms with van der Waals surface area (Å²) in [6.07, 6.45) is 14.8. The standard InChI is InChI=1S/C19H38N2/c1-3-14-12-18(20)10-8-16(14)6-5-7-17-9-11-19(21)13-15(17)4-2/h14-19H,3-13,20-21H2,1-2H3. The molecular formula is C19H38N2. The fraction of sp³-hybridized carbons (Fsp3) is 1.00. The minimum Gasteiger partial charge on any atom is -0.328 e. The molecule has 0 aromatic rings. The number of hydrogen-bond donors (Lipinski definition) is 2. The molecule has 0 saturated heterocycles. The molecule has 0 bridgehead atoms. The summed E-state index contributed by atoms with van der Waals surface area (Å²) in [5, 5.41) is 0. The lowest BCUT2D eigenvalue weighted by molar-refractivity contribution is 0.168. The molecular weight excluding hydrogens is 256 g/mol. The first-order chi connectivity index (χ1) is 10.1. The molecule has 2 aliphatic rings. The minimum absolute atomic E-state index is 0.482. The molecule has 2 fully saturated rings. The highest BCUT2D eigenvalue weighted by Gasteiger charge is 2.29. The maximum atomic E-state index is 6.15. The molecule has 0 amide bonds. The second kappa shape index (κ2) is 8.53. The van der Waals surface area contributed by atoms with Gasteiger partial charge in [0.05, 0.1) is 0 Å². The van der Waals surface area contributed by atoms with Crippen LogP contribution in [0, 0.1) is 23.7 Å². The summed E-state index contributed by atoms with van der Waals surface area (Å²) in [5.41, 5.74) is 12.3. The second-order valence-electron chi connectivity index (χ2n) is 7.93. The molecule has 2 rings (SSSR count). The number of nitrogens with two attached hydrogens (primary N) is 2. The minimum atomic E-state index is 0.482. The van der Waals surface area contributed by atoms with Gasteiger partial charge >= 0.3 is 0 Å². The molecule has 0 aliphatic heterocycles. The van der Waals surface area contributed by atoms with Crippen LogP contribution < -0.4 is 11.5 Å². The van der Waals surface area contributed by atoms with Gasteiger partial charge in [-0.1, -0.05) is 46.0 Å². The lowest BCUT2D eigenvalue weighted by Gasteiger charge is -2.36. The van der Waals surface area contributed by atoms with E-state index in [0.29, 0.717) is 12.1 Å². The fourth-order valence-corrected chi connectivity index (χ4v) is 5.13. The smallest absolute Gasteiger partial charge is 0.00416 e. The maximum absolute atomic E-state index is 6.15. The van der Waals surface area contributed by atoms with Gasteiger partial charge in [0.2, 0.25) is 0 Å². The van der Waals surface area contributed by atoms with E-state index in [9.17, 15) is 0 Å². The molecule has 2 heteroatoms. The highest BCUT2D eigenvalue weighted by Crippen LogP contribution is 2.38. The Bertz CT molecular complexity index is 263. The van der Waals surface area contributed by atoms with Crippen LogP contribution in [0.15, 0.2) is 0 Å². The van der Waals surface area contributed by atoms with Gasteiger partial charge in [-0.15, -0.1) is 0 Å². The Balaban J connectivity index is 1.73. The molecule has 0 radical (unpaired) electrons. The van der Waals surface area contributed by atoms with E-state index in [4.69, 9.17) is 11.5 Å². The van der Waals surface area contributed by atoms with E-state index in [-0.39, 0.29) is 0 Å². The van der Waals surface area contributed by atoms with Crippen molar-refractivity contribution >= 4 is 0 Å². The van der Waals surface area contributed by atoms with Crippen molar-refractivity contribution in [2.45, 2.75) is 96.6 Å². The molecule has 21 heavy (non-hydrogen) atoms. The Labute approximate surface area is 132 Å². The Kier molecular flexibility index (Phi) is 7.01. The first-order valence-corrected chi connectivity index (χ1v) is 9.65. The zero-order valence-electron chi connectivity index (χ0n) is 14.4. The van der Waals surface area contributed by atoms with E-state index in [2.05, 4.69) is 13.8 Å². The maximum Gasteiger partial charge on any atom is 0.00416 e. The van der Waals surface area contributed by atoms with E-state index in [1.54, 1.807) is 0 Å². The largest absolute Gasteiger partial charge is 0.328 e. The van der Waals surface area contributed by atoms with E-state index in [0.717, 1.165) is 23.7 Å².